The molecule has 0 bridgehead atoms. The zero-order valence-corrected chi connectivity index (χ0v) is 11.5. The molecule has 2 N–H and O–H groups in total. The van der Waals surface area contributed by atoms with E-state index < -0.39 is 12.0 Å². The van der Waals surface area contributed by atoms with Crippen LogP contribution in [0.5, 0.6) is 5.75 Å². The van der Waals surface area contributed by atoms with Crippen LogP contribution < -0.4 is 15.4 Å². The summed E-state index contributed by atoms with van der Waals surface area (Å²) in [4.78, 5) is 22.4. The number of urea groups is 1. The Kier molecular flexibility index (Phi) is 6.67. The molecule has 1 aromatic carbocycles. The molecule has 1 rings (SSSR count). The van der Waals surface area contributed by atoms with Crippen LogP contribution in [0.25, 0.3) is 6.08 Å². The Balaban J connectivity index is 2.40. The van der Waals surface area contributed by atoms with Gasteiger partial charge in [-0.1, -0.05) is 18.2 Å². The van der Waals surface area contributed by atoms with E-state index in [2.05, 4.69) is 15.4 Å². The lowest BCUT2D eigenvalue weighted by Crippen LogP contribution is -2.36. The number of hydrogen-bond acceptors (Lipinski definition) is 4. The fourth-order valence-electron chi connectivity index (χ4n) is 1.43. The number of carbonyl (C=O) groups excluding carboxylic acids is 2. The summed E-state index contributed by atoms with van der Waals surface area (Å²) in [5, 5.41) is 4.86. The van der Waals surface area contributed by atoms with Crippen LogP contribution in [0, 0.1) is 0 Å². The number of rotatable bonds is 6. The monoisotopic (exact) mass is 278 g/mol. The minimum atomic E-state index is -0.482. The Morgan fingerprint density at radius 2 is 2.05 bits per heavy atom. The Labute approximate surface area is 117 Å². The largest absolute Gasteiger partial charge is 0.496 e. The maximum absolute atomic E-state index is 11.4. The molecule has 20 heavy (non-hydrogen) atoms. The third-order valence-corrected chi connectivity index (χ3v) is 2.31. The summed E-state index contributed by atoms with van der Waals surface area (Å²) in [5.41, 5.74) is 0.834. The van der Waals surface area contributed by atoms with Crippen molar-refractivity contribution in [2.24, 2.45) is 0 Å². The van der Waals surface area contributed by atoms with Gasteiger partial charge in [0.05, 0.1) is 13.7 Å². The van der Waals surface area contributed by atoms with Crippen LogP contribution in [-0.2, 0) is 9.53 Å². The van der Waals surface area contributed by atoms with Crippen molar-refractivity contribution in [3.63, 3.8) is 0 Å². The third kappa shape index (κ3) is 5.43. The van der Waals surface area contributed by atoms with Gasteiger partial charge in [0.2, 0.25) is 0 Å². The number of benzene rings is 1. The predicted octanol–water partition coefficient (Wildman–Crippen LogP) is 1.53. The van der Waals surface area contributed by atoms with Crippen molar-refractivity contribution in [1.82, 2.24) is 10.6 Å². The fraction of sp³-hybridized carbons (Fsp3) is 0.286. The van der Waals surface area contributed by atoms with Gasteiger partial charge in [-0.3, -0.25) is 4.79 Å². The second kappa shape index (κ2) is 8.58. The van der Waals surface area contributed by atoms with Gasteiger partial charge in [-0.05, 0) is 19.1 Å². The molecule has 0 aliphatic heterocycles. The molecule has 6 heteroatoms. The van der Waals surface area contributed by atoms with E-state index in [-0.39, 0.29) is 13.2 Å². The summed E-state index contributed by atoms with van der Waals surface area (Å²) in [6.45, 7) is 1.83. The zero-order valence-electron chi connectivity index (χ0n) is 11.5. The van der Waals surface area contributed by atoms with E-state index in [1.54, 1.807) is 20.1 Å². The smallest absolute Gasteiger partial charge is 0.325 e. The lowest BCUT2D eigenvalue weighted by atomic mass is 10.2. The van der Waals surface area contributed by atoms with Gasteiger partial charge in [0.15, 0.2) is 0 Å². The highest BCUT2D eigenvalue weighted by molar-refractivity contribution is 5.81. The molecule has 0 radical (unpaired) electrons. The quantitative estimate of drug-likeness (QED) is 0.774. The lowest BCUT2D eigenvalue weighted by Gasteiger charge is -2.05. The summed E-state index contributed by atoms with van der Waals surface area (Å²) >= 11 is 0. The third-order valence-electron chi connectivity index (χ3n) is 2.31. The highest BCUT2D eigenvalue weighted by Crippen LogP contribution is 2.17. The number of nitrogens with one attached hydrogen (secondary N) is 2. The van der Waals surface area contributed by atoms with Crippen molar-refractivity contribution in [1.29, 1.82) is 0 Å². The maximum Gasteiger partial charge on any atom is 0.325 e. The lowest BCUT2D eigenvalue weighted by molar-refractivity contribution is -0.141. The van der Waals surface area contributed by atoms with E-state index in [1.807, 2.05) is 24.3 Å². The molecule has 6 nitrogen and oxygen atoms in total. The summed E-state index contributed by atoms with van der Waals surface area (Å²) < 4.78 is 9.85. The number of esters is 1. The molecule has 108 valence electrons. The van der Waals surface area contributed by atoms with Gasteiger partial charge in [-0.25, -0.2) is 4.79 Å². The highest BCUT2D eigenvalue weighted by Gasteiger charge is 2.03. The van der Waals surface area contributed by atoms with Crippen molar-refractivity contribution in [3.8, 4) is 5.75 Å². The Morgan fingerprint density at radius 1 is 1.30 bits per heavy atom. The van der Waals surface area contributed by atoms with E-state index >= 15 is 0 Å². The van der Waals surface area contributed by atoms with Crippen molar-refractivity contribution in [2.75, 3.05) is 20.3 Å². The number of carbonyl (C=O) groups is 2. The molecule has 2 amide bonds. The SMILES string of the molecule is CCOC(=O)CNC(=O)N/C=C/c1ccccc1OC. The summed E-state index contributed by atoms with van der Waals surface area (Å²) in [5.74, 6) is 0.230. The van der Waals surface area contributed by atoms with Gasteiger partial charge in [0.1, 0.15) is 12.3 Å². The normalized spacial score (nSPS) is 10.1. The first-order chi connectivity index (χ1) is 9.67. The average Bonchev–Trinajstić information content (AvgIpc) is 2.46. The average molecular weight is 278 g/mol. The fourth-order valence-corrected chi connectivity index (χ4v) is 1.43. The van der Waals surface area contributed by atoms with Crippen LogP contribution in [0.2, 0.25) is 0 Å². The second-order valence-corrected chi connectivity index (χ2v) is 3.71. The van der Waals surface area contributed by atoms with Crippen LogP contribution in [0.15, 0.2) is 30.5 Å². The minimum absolute atomic E-state index is 0.165. The molecular weight excluding hydrogens is 260 g/mol. The standard InChI is InChI=1S/C14H18N2O4/c1-3-20-13(17)10-16-14(18)15-9-8-11-6-4-5-7-12(11)19-2/h4-9H,3,10H2,1-2H3,(H2,15,16,18)/b9-8+. The van der Waals surface area contributed by atoms with E-state index in [1.165, 1.54) is 6.20 Å². The molecule has 0 atom stereocenters. The number of methoxy groups -OCH3 is 1. The van der Waals surface area contributed by atoms with Crippen molar-refractivity contribution in [3.05, 3.63) is 36.0 Å². The van der Waals surface area contributed by atoms with Gasteiger partial charge < -0.3 is 20.1 Å². The first-order valence-electron chi connectivity index (χ1n) is 6.17. The number of para-hydroxylation sites is 1. The Bertz CT molecular complexity index is 486. The zero-order chi connectivity index (χ0) is 14.8. The molecule has 0 saturated carbocycles. The first-order valence-corrected chi connectivity index (χ1v) is 6.17. The van der Waals surface area contributed by atoms with Gasteiger partial charge >= 0.3 is 12.0 Å². The van der Waals surface area contributed by atoms with Crippen LogP contribution >= 0.6 is 0 Å². The van der Waals surface area contributed by atoms with Crippen LogP contribution in [0.4, 0.5) is 4.79 Å². The maximum atomic E-state index is 11.4. The molecule has 0 fully saturated rings. The van der Waals surface area contributed by atoms with Gasteiger partial charge in [0.25, 0.3) is 0 Å². The minimum Gasteiger partial charge on any atom is -0.496 e. The second-order valence-electron chi connectivity index (χ2n) is 3.71. The van der Waals surface area contributed by atoms with Crippen LogP contribution in [0.1, 0.15) is 12.5 Å². The molecule has 0 spiro atoms. The first kappa shape index (κ1) is 15.6. The molecule has 0 unspecified atom stereocenters. The van der Waals surface area contributed by atoms with Crippen LogP contribution in [0.3, 0.4) is 0 Å². The van der Waals surface area contributed by atoms with Crippen molar-refractivity contribution >= 4 is 18.1 Å². The van der Waals surface area contributed by atoms with E-state index in [0.717, 1.165) is 5.56 Å². The van der Waals surface area contributed by atoms with Crippen LogP contribution in [-0.4, -0.2) is 32.3 Å². The summed E-state index contributed by atoms with van der Waals surface area (Å²) in [6.07, 6.45) is 3.17. The van der Waals surface area contributed by atoms with E-state index in [4.69, 9.17) is 4.74 Å². The van der Waals surface area contributed by atoms with Gasteiger partial charge in [-0.15, -0.1) is 0 Å². The van der Waals surface area contributed by atoms with Gasteiger partial charge in [-0.2, -0.15) is 0 Å². The predicted molar refractivity (Wildman–Crippen MR) is 75.2 cm³/mol. The molecule has 0 aromatic heterocycles. The van der Waals surface area contributed by atoms with E-state index in [9.17, 15) is 9.59 Å². The molecule has 0 saturated heterocycles. The van der Waals surface area contributed by atoms with Crippen molar-refractivity contribution < 1.29 is 19.1 Å². The molecule has 1 aromatic rings. The Morgan fingerprint density at radius 3 is 2.75 bits per heavy atom. The Hall–Kier alpha value is -2.50. The van der Waals surface area contributed by atoms with E-state index in [0.29, 0.717) is 5.75 Å². The molecular formula is C14H18N2O4. The van der Waals surface area contributed by atoms with Gasteiger partial charge in [0, 0.05) is 11.8 Å². The summed E-state index contributed by atoms with van der Waals surface area (Å²) in [6, 6.07) is 6.91. The molecule has 0 heterocycles. The topological polar surface area (TPSA) is 76.7 Å². The number of ether oxygens (including phenoxy) is 2. The number of hydrogen-bond donors (Lipinski definition) is 2. The number of amides is 2. The molecule has 0 aliphatic rings. The van der Waals surface area contributed by atoms with Crippen molar-refractivity contribution in [2.45, 2.75) is 6.92 Å². The summed E-state index contributed by atoms with van der Waals surface area (Å²) in [7, 11) is 1.58. The highest BCUT2D eigenvalue weighted by atomic mass is 16.5. The molecule has 0 aliphatic carbocycles.